The Morgan fingerprint density at radius 1 is 1.55 bits per heavy atom. The van der Waals surface area contributed by atoms with E-state index in [2.05, 4.69) is 17.2 Å². The molecule has 5 heteroatoms. The van der Waals surface area contributed by atoms with Gasteiger partial charge >= 0.3 is 0 Å². The molecule has 1 heterocycles. The zero-order valence-electron chi connectivity index (χ0n) is 11.0. The standard InChI is InChI=1S/C15H16FNO3/c16-14-9-13(6-5-11(14)3-1-7-18)17-15(19)12-4-2-8-20-10-12/h5-6,9,12,18H,2,4,7-8,10H2,(H,17,19). The highest BCUT2D eigenvalue weighted by molar-refractivity contribution is 5.92. The average molecular weight is 277 g/mol. The number of aliphatic hydroxyl groups excluding tert-OH is 1. The third kappa shape index (κ3) is 3.80. The van der Waals surface area contributed by atoms with Crippen LogP contribution in [-0.2, 0) is 9.53 Å². The van der Waals surface area contributed by atoms with Crippen LogP contribution in [-0.4, -0.2) is 30.8 Å². The Balaban J connectivity index is 2.02. The lowest BCUT2D eigenvalue weighted by Crippen LogP contribution is -2.30. The third-order valence-electron chi connectivity index (χ3n) is 3.07. The molecule has 1 saturated heterocycles. The third-order valence-corrected chi connectivity index (χ3v) is 3.07. The van der Waals surface area contributed by atoms with E-state index in [1.165, 1.54) is 12.1 Å². The summed E-state index contributed by atoms with van der Waals surface area (Å²) in [6.07, 6.45) is 1.65. The van der Waals surface area contributed by atoms with E-state index >= 15 is 0 Å². The van der Waals surface area contributed by atoms with E-state index in [4.69, 9.17) is 9.84 Å². The molecule has 106 valence electrons. The molecule has 0 spiro atoms. The maximum Gasteiger partial charge on any atom is 0.229 e. The minimum atomic E-state index is -0.524. The summed E-state index contributed by atoms with van der Waals surface area (Å²) in [5, 5.41) is 11.3. The Bertz CT molecular complexity index is 542. The van der Waals surface area contributed by atoms with Crippen molar-refractivity contribution in [3.8, 4) is 11.8 Å². The van der Waals surface area contributed by atoms with Crippen LogP contribution in [0.2, 0.25) is 0 Å². The molecule has 1 unspecified atom stereocenters. The van der Waals surface area contributed by atoms with Crippen LogP contribution in [0.25, 0.3) is 0 Å². The average Bonchev–Trinajstić information content (AvgIpc) is 2.47. The maximum atomic E-state index is 13.7. The van der Waals surface area contributed by atoms with Gasteiger partial charge in [-0.15, -0.1) is 0 Å². The molecule has 1 atom stereocenters. The van der Waals surface area contributed by atoms with Gasteiger partial charge in [0.2, 0.25) is 5.91 Å². The molecule has 1 aliphatic rings. The van der Waals surface area contributed by atoms with Crippen molar-refractivity contribution in [3.05, 3.63) is 29.6 Å². The van der Waals surface area contributed by atoms with Crippen LogP contribution in [0, 0.1) is 23.6 Å². The number of benzene rings is 1. The zero-order valence-corrected chi connectivity index (χ0v) is 11.0. The summed E-state index contributed by atoms with van der Waals surface area (Å²) in [6, 6.07) is 4.29. The van der Waals surface area contributed by atoms with E-state index in [0.717, 1.165) is 12.8 Å². The first-order valence-corrected chi connectivity index (χ1v) is 6.48. The highest BCUT2D eigenvalue weighted by Gasteiger charge is 2.21. The minimum absolute atomic E-state index is 0.154. The van der Waals surface area contributed by atoms with Crippen molar-refractivity contribution in [2.75, 3.05) is 25.1 Å². The molecule has 4 nitrogen and oxygen atoms in total. The van der Waals surface area contributed by atoms with E-state index in [1.807, 2.05) is 0 Å². The summed E-state index contributed by atoms with van der Waals surface area (Å²) in [5.41, 5.74) is 0.589. The number of ether oxygens (including phenoxy) is 1. The predicted molar refractivity (Wildman–Crippen MR) is 72.5 cm³/mol. The van der Waals surface area contributed by atoms with Gasteiger partial charge in [-0.3, -0.25) is 4.79 Å². The largest absolute Gasteiger partial charge is 0.384 e. The Morgan fingerprint density at radius 3 is 3.05 bits per heavy atom. The molecule has 0 aromatic heterocycles. The molecule has 0 bridgehead atoms. The highest BCUT2D eigenvalue weighted by Crippen LogP contribution is 2.18. The first-order chi connectivity index (χ1) is 9.70. The molecule has 1 aromatic rings. The zero-order chi connectivity index (χ0) is 14.4. The number of anilines is 1. The van der Waals surface area contributed by atoms with Crippen molar-refractivity contribution >= 4 is 11.6 Å². The second-order valence-corrected chi connectivity index (χ2v) is 4.56. The van der Waals surface area contributed by atoms with Crippen molar-refractivity contribution < 1.29 is 19.0 Å². The van der Waals surface area contributed by atoms with Gasteiger partial charge in [0.15, 0.2) is 0 Å². The number of carbonyl (C=O) groups excluding carboxylic acids is 1. The fraction of sp³-hybridized carbons (Fsp3) is 0.400. The molecule has 1 fully saturated rings. The van der Waals surface area contributed by atoms with Gasteiger partial charge in [0, 0.05) is 12.3 Å². The number of amides is 1. The van der Waals surface area contributed by atoms with Crippen LogP contribution < -0.4 is 5.32 Å². The van der Waals surface area contributed by atoms with E-state index in [1.54, 1.807) is 6.07 Å². The fourth-order valence-corrected chi connectivity index (χ4v) is 2.02. The van der Waals surface area contributed by atoms with Gasteiger partial charge in [-0.1, -0.05) is 11.8 Å². The number of hydrogen-bond acceptors (Lipinski definition) is 3. The van der Waals surface area contributed by atoms with Crippen molar-refractivity contribution in [3.63, 3.8) is 0 Å². The molecule has 1 aliphatic heterocycles. The van der Waals surface area contributed by atoms with Gasteiger partial charge < -0.3 is 15.2 Å². The van der Waals surface area contributed by atoms with Crippen molar-refractivity contribution in [1.29, 1.82) is 0 Å². The molecular weight excluding hydrogens is 261 g/mol. The van der Waals surface area contributed by atoms with Crippen LogP contribution in [0.1, 0.15) is 18.4 Å². The van der Waals surface area contributed by atoms with Crippen LogP contribution in [0.4, 0.5) is 10.1 Å². The Morgan fingerprint density at radius 2 is 2.40 bits per heavy atom. The van der Waals surface area contributed by atoms with Gasteiger partial charge in [-0.2, -0.15) is 0 Å². The molecule has 1 amide bonds. The van der Waals surface area contributed by atoms with Gasteiger partial charge in [0.05, 0.1) is 18.1 Å². The lowest BCUT2D eigenvalue weighted by atomic mass is 10.0. The SMILES string of the molecule is O=C(Nc1ccc(C#CCO)c(F)c1)C1CCCOC1. The van der Waals surface area contributed by atoms with Crippen molar-refractivity contribution in [2.45, 2.75) is 12.8 Å². The quantitative estimate of drug-likeness (QED) is 0.806. The molecule has 0 saturated carbocycles. The topological polar surface area (TPSA) is 58.6 Å². The Kier molecular flexibility index (Phi) is 5.10. The van der Waals surface area contributed by atoms with Gasteiger partial charge in [-0.25, -0.2) is 4.39 Å². The van der Waals surface area contributed by atoms with Crippen LogP contribution >= 0.6 is 0 Å². The molecule has 20 heavy (non-hydrogen) atoms. The summed E-state index contributed by atoms with van der Waals surface area (Å²) < 4.78 is 19.0. The Hall–Kier alpha value is -1.90. The highest BCUT2D eigenvalue weighted by atomic mass is 19.1. The molecule has 1 aromatic carbocycles. The van der Waals surface area contributed by atoms with E-state index < -0.39 is 5.82 Å². The number of aliphatic hydroxyl groups is 1. The van der Waals surface area contributed by atoms with Crippen molar-refractivity contribution in [2.24, 2.45) is 5.92 Å². The van der Waals surface area contributed by atoms with Crippen LogP contribution in [0.3, 0.4) is 0 Å². The van der Waals surface area contributed by atoms with E-state index in [0.29, 0.717) is 18.9 Å². The predicted octanol–water partition coefficient (Wildman–Crippen LogP) is 1.53. The number of nitrogens with one attached hydrogen (secondary N) is 1. The van der Waals surface area contributed by atoms with Crippen molar-refractivity contribution in [1.82, 2.24) is 0 Å². The minimum Gasteiger partial charge on any atom is -0.384 e. The smallest absolute Gasteiger partial charge is 0.229 e. The monoisotopic (exact) mass is 277 g/mol. The van der Waals surface area contributed by atoms with E-state index in [9.17, 15) is 9.18 Å². The van der Waals surface area contributed by atoms with Crippen LogP contribution in [0.15, 0.2) is 18.2 Å². The van der Waals surface area contributed by atoms with Gasteiger partial charge in [-0.05, 0) is 31.0 Å². The second-order valence-electron chi connectivity index (χ2n) is 4.56. The van der Waals surface area contributed by atoms with Crippen LogP contribution in [0.5, 0.6) is 0 Å². The lowest BCUT2D eigenvalue weighted by molar-refractivity contribution is -0.123. The number of rotatable bonds is 2. The molecule has 0 radical (unpaired) electrons. The first kappa shape index (κ1) is 14.5. The summed E-state index contributed by atoms with van der Waals surface area (Å²) in [6.45, 7) is 0.782. The fourth-order valence-electron chi connectivity index (χ4n) is 2.02. The summed E-state index contributed by atoms with van der Waals surface area (Å²) in [4.78, 5) is 12.0. The lowest BCUT2D eigenvalue weighted by Gasteiger charge is -2.21. The summed E-state index contributed by atoms with van der Waals surface area (Å²) in [7, 11) is 0. The number of halogens is 1. The molecule has 2 rings (SSSR count). The summed E-state index contributed by atoms with van der Waals surface area (Å²) in [5.74, 6) is 4.02. The molecule has 0 aliphatic carbocycles. The summed E-state index contributed by atoms with van der Waals surface area (Å²) >= 11 is 0. The normalized spacial score (nSPS) is 18.0. The molecular formula is C15H16FNO3. The number of carbonyl (C=O) groups is 1. The second kappa shape index (κ2) is 7.04. The van der Waals surface area contributed by atoms with E-state index in [-0.39, 0.29) is 24.0 Å². The van der Waals surface area contributed by atoms with Gasteiger partial charge in [0.1, 0.15) is 12.4 Å². The Labute approximate surface area is 116 Å². The maximum absolute atomic E-state index is 13.7. The number of hydrogen-bond donors (Lipinski definition) is 2. The first-order valence-electron chi connectivity index (χ1n) is 6.48. The molecule has 2 N–H and O–H groups in total. The van der Waals surface area contributed by atoms with Gasteiger partial charge in [0.25, 0.3) is 0 Å².